The Morgan fingerprint density at radius 2 is 2.00 bits per heavy atom. The summed E-state index contributed by atoms with van der Waals surface area (Å²) in [7, 11) is 0. The molecule has 0 unspecified atom stereocenters. The number of thiocarbonyl (C=S) groups is 1. The van der Waals surface area contributed by atoms with Crippen molar-refractivity contribution in [3.05, 3.63) is 23.0 Å². The third-order valence-electron chi connectivity index (χ3n) is 3.38. The van der Waals surface area contributed by atoms with Crippen LogP contribution in [0.15, 0.2) is 6.07 Å². The van der Waals surface area contributed by atoms with Crippen molar-refractivity contribution in [1.82, 2.24) is 4.98 Å². The molecule has 0 saturated heterocycles. The number of hydrogen-bond acceptors (Lipinski definition) is 3. The van der Waals surface area contributed by atoms with E-state index >= 15 is 0 Å². The van der Waals surface area contributed by atoms with E-state index in [1.165, 1.54) is 19.3 Å². The van der Waals surface area contributed by atoms with Crippen molar-refractivity contribution in [3.63, 3.8) is 0 Å². The van der Waals surface area contributed by atoms with Gasteiger partial charge in [0, 0.05) is 11.8 Å². The Morgan fingerprint density at radius 3 is 2.61 bits per heavy atom. The van der Waals surface area contributed by atoms with E-state index in [1.807, 2.05) is 19.9 Å². The normalized spacial score (nSPS) is 16.6. The molecular weight excluding hydrogens is 244 g/mol. The van der Waals surface area contributed by atoms with Gasteiger partial charge in [-0.2, -0.15) is 0 Å². The van der Waals surface area contributed by atoms with Crippen molar-refractivity contribution in [2.24, 2.45) is 5.73 Å². The van der Waals surface area contributed by atoms with E-state index in [0.717, 1.165) is 35.5 Å². The summed E-state index contributed by atoms with van der Waals surface area (Å²) in [4.78, 5) is 4.77. The summed E-state index contributed by atoms with van der Waals surface area (Å²) in [6.45, 7) is 3.89. The van der Waals surface area contributed by atoms with E-state index in [-0.39, 0.29) is 0 Å². The smallest absolute Gasteiger partial charge is 0.133 e. The van der Waals surface area contributed by atoms with Gasteiger partial charge in [-0.15, -0.1) is 0 Å². The molecule has 18 heavy (non-hydrogen) atoms. The lowest BCUT2D eigenvalue weighted by Gasteiger charge is -2.24. The minimum atomic E-state index is 0.299. The first-order chi connectivity index (χ1) is 8.58. The zero-order valence-corrected chi connectivity index (χ0v) is 11.8. The van der Waals surface area contributed by atoms with Gasteiger partial charge < -0.3 is 10.5 Å². The lowest BCUT2D eigenvalue weighted by atomic mass is 9.97. The molecule has 0 atom stereocenters. The third-order valence-corrected chi connectivity index (χ3v) is 3.59. The highest BCUT2D eigenvalue weighted by Crippen LogP contribution is 2.27. The van der Waals surface area contributed by atoms with Crippen LogP contribution in [-0.2, 0) is 0 Å². The van der Waals surface area contributed by atoms with Crippen LogP contribution in [0.2, 0.25) is 0 Å². The second kappa shape index (κ2) is 5.65. The largest absolute Gasteiger partial charge is 0.490 e. The van der Waals surface area contributed by atoms with Gasteiger partial charge in [-0.1, -0.05) is 18.6 Å². The lowest BCUT2D eigenvalue weighted by molar-refractivity contribution is 0.154. The maximum atomic E-state index is 6.10. The van der Waals surface area contributed by atoms with Gasteiger partial charge in [-0.3, -0.25) is 4.98 Å². The number of ether oxygens (including phenoxy) is 1. The fourth-order valence-corrected chi connectivity index (χ4v) is 2.80. The van der Waals surface area contributed by atoms with E-state index in [9.17, 15) is 0 Å². The quantitative estimate of drug-likeness (QED) is 0.852. The summed E-state index contributed by atoms with van der Waals surface area (Å²) in [5.41, 5.74) is 8.37. The zero-order chi connectivity index (χ0) is 13.1. The van der Waals surface area contributed by atoms with E-state index < -0.39 is 0 Å². The van der Waals surface area contributed by atoms with Gasteiger partial charge in [0.15, 0.2) is 0 Å². The SMILES string of the molecule is Cc1cc(OC2CCCCC2)c(C(N)=S)c(C)n1. The first kappa shape index (κ1) is 13.3. The predicted octanol–water partition coefficient (Wildman–Crippen LogP) is 3.04. The predicted molar refractivity (Wildman–Crippen MR) is 77.1 cm³/mol. The van der Waals surface area contributed by atoms with Crippen molar-refractivity contribution in [2.45, 2.75) is 52.1 Å². The Kier molecular flexibility index (Phi) is 4.17. The molecule has 0 amide bonds. The fraction of sp³-hybridized carbons (Fsp3) is 0.571. The summed E-state index contributed by atoms with van der Waals surface area (Å²) in [5.74, 6) is 0.805. The van der Waals surface area contributed by atoms with E-state index in [4.69, 9.17) is 22.7 Å². The van der Waals surface area contributed by atoms with Crippen LogP contribution in [0.3, 0.4) is 0 Å². The molecule has 4 heteroatoms. The van der Waals surface area contributed by atoms with Crippen molar-refractivity contribution in [3.8, 4) is 5.75 Å². The van der Waals surface area contributed by atoms with Crippen LogP contribution in [0, 0.1) is 13.8 Å². The van der Waals surface area contributed by atoms with E-state index in [1.54, 1.807) is 0 Å². The molecule has 1 aromatic heterocycles. The highest BCUT2D eigenvalue weighted by molar-refractivity contribution is 7.80. The summed E-state index contributed by atoms with van der Waals surface area (Å²) in [5, 5.41) is 0. The number of nitrogens with zero attached hydrogens (tertiary/aromatic N) is 1. The summed E-state index contributed by atoms with van der Waals surface area (Å²) >= 11 is 5.11. The Labute approximate surface area is 114 Å². The van der Waals surface area contributed by atoms with Crippen LogP contribution in [0.5, 0.6) is 5.75 Å². The highest BCUT2D eigenvalue weighted by atomic mass is 32.1. The average Bonchev–Trinajstić information content (AvgIpc) is 2.28. The minimum absolute atomic E-state index is 0.299. The van der Waals surface area contributed by atoms with Gasteiger partial charge in [0.25, 0.3) is 0 Å². The molecule has 1 saturated carbocycles. The van der Waals surface area contributed by atoms with Crippen LogP contribution >= 0.6 is 12.2 Å². The van der Waals surface area contributed by atoms with Crippen molar-refractivity contribution in [1.29, 1.82) is 0 Å². The van der Waals surface area contributed by atoms with E-state index in [2.05, 4.69) is 4.98 Å². The molecule has 0 radical (unpaired) electrons. The Bertz CT molecular complexity index is 453. The molecule has 0 bridgehead atoms. The standard InChI is InChI=1S/C14H20N2OS/c1-9-8-12(13(14(15)18)10(2)16-9)17-11-6-4-3-5-7-11/h8,11H,3-7H2,1-2H3,(H2,15,18). The molecule has 1 aliphatic carbocycles. The molecule has 2 rings (SSSR count). The lowest BCUT2D eigenvalue weighted by Crippen LogP contribution is -2.23. The Balaban J connectivity index is 2.27. The topological polar surface area (TPSA) is 48.1 Å². The number of rotatable bonds is 3. The third kappa shape index (κ3) is 2.99. The number of aromatic nitrogens is 1. The molecule has 0 spiro atoms. The Hall–Kier alpha value is -1.16. The van der Waals surface area contributed by atoms with Crippen LogP contribution in [-0.4, -0.2) is 16.1 Å². The van der Waals surface area contributed by atoms with Crippen molar-refractivity contribution in [2.75, 3.05) is 0 Å². The first-order valence-corrected chi connectivity index (χ1v) is 6.93. The summed E-state index contributed by atoms with van der Waals surface area (Å²) < 4.78 is 6.10. The van der Waals surface area contributed by atoms with E-state index in [0.29, 0.717) is 11.1 Å². The molecule has 1 heterocycles. The first-order valence-electron chi connectivity index (χ1n) is 6.52. The maximum Gasteiger partial charge on any atom is 0.133 e. The molecule has 1 aliphatic rings. The van der Waals surface area contributed by atoms with Gasteiger partial charge in [0.1, 0.15) is 10.7 Å². The number of nitrogens with two attached hydrogens (primary N) is 1. The highest BCUT2D eigenvalue weighted by Gasteiger charge is 2.19. The number of hydrogen-bond donors (Lipinski definition) is 1. The molecule has 0 aromatic carbocycles. The van der Waals surface area contributed by atoms with Crippen molar-refractivity contribution >= 4 is 17.2 Å². The molecular formula is C14H20N2OS. The van der Waals surface area contributed by atoms with Crippen LogP contribution in [0.4, 0.5) is 0 Å². The van der Waals surface area contributed by atoms with Crippen LogP contribution < -0.4 is 10.5 Å². The molecule has 1 fully saturated rings. The average molecular weight is 264 g/mol. The maximum absolute atomic E-state index is 6.10. The monoisotopic (exact) mass is 264 g/mol. The number of pyridine rings is 1. The minimum Gasteiger partial charge on any atom is -0.490 e. The number of aryl methyl sites for hydroxylation is 2. The van der Waals surface area contributed by atoms with Gasteiger partial charge >= 0.3 is 0 Å². The molecule has 2 N–H and O–H groups in total. The summed E-state index contributed by atoms with van der Waals surface area (Å²) in [6, 6.07) is 1.94. The summed E-state index contributed by atoms with van der Waals surface area (Å²) in [6.07, 6.45) is 6.35. The fourth-order valence-electron chi connectivity index (χ4n) is 2.55. The zero-order valence-electron chi connectivity index (χ0n) is 11.0. The molecule has 98 valence electrons. The van der Waals surface area contributed by atoms with Crippen LogP contribution in [0.25, 0.3) is 0 Å². The van der Waals surface area contributed by atoms with Gasteiger partial charge in [0.2, 0.25) is 0 Å². The van der Waals surface area contributed by atoms with Crippen LogP contribution in [0.1, 0.15) is 49.1 Å². The van der Waals surface area contributed by atoms with Crippen molar-refractivity contribution < 1.29 is 4.74 Å². The Morgan fingerprint density at radius 1 is 1.33 bits per heavy atom. The van der Waals surface area contributed by atoms with Gasteiger partial charge in [0.05, 0.1) is 17.4 Å². The molecule has 1 aromatic rings. The second-order valence-electron chi connectivity index (χ2n) is 4.96. The molecule has 3 nitrogen and oxygen atoms in total. The van der Waals surface area contributed by atoms with Gasteiger partial charge in [-0.05, 0) is 39.5 Å². The second-order valence-corrected chi connectivity index (χ2v) is 5.40. The van der Waals surface area contributed by atoms with Gasteiger partial charge in [-0.25, -0.2) is 0 Å². The molecule has 0 aliphatic heterocycles.